The van der Waals surface area contributed by atoms with Crippen LogP contribution in [0.2, 0.25) is 0 Å². The van der Waals surface area contributed by atoms with Crippen LogP contribution in [0.3, 0.4) is 0 Å². The lowest BCUT2D eigenvalue weighted by Gasteiger charge is -2.35. The first-order valence-electron chi connectivity index (χ1n) is 8.70. The predicted molar refractivity (Wildman–Crippen MR) is 111 cm³/mol. The van der Waals surface area contributed by atoms with E-state index in [-0.39, 0.29) is 10.5 Å². The van der Waals surface area contributed by atoms with Crippen molar-refractivity contribution in [3.8, 4) is 0 Å². The molecule has 0 spiro atoms. The van der Waals surface area contributed by atoms with Gasteiger partial charge in [0.25, 0.3) is 0 Å². The molecular weight excluding hydrogens is 414 g/mol. The van der Waals surface area contributed by atoms with E-state index in [0.29, 0.717) is 9.09 Å². The number of anilines is 1. The van der Waals surface area contributed by atoms with Gasteiger partial charge >= 0.3 is 17.9 Å². The Balaban J connectivity index is 2.36. The largest absolute Gasteiger partial charge is 0.466 e. The van der Waals surface area contributed by atoms with Crippen molar-refractivity contribution in [2.75, 3.05) is 26.2 Å². The first-order chi connectivity index (χ1) is 13.7. The van der Waals surface area contributed by atoms with Crippen molar-refractivity contribution < 1.29 is 28.6 Å². The van der Waals surface area contributed by atoms with Gasteiger partial charge in [-0.3, -0.25) is 0 Å². The van der Waals surface area contributed by atoms with Crippen LogP contribution >= 0.6 is 23.1 Å². The summed E-state index contributed by atoms with van der Waals surface area (Å²) < 4.78 is 15.6. The second kappa shape index (κ2) is 8.08. The lowest BCUT2D eigenvalue weighted by molar-refractivity contribution is -0.138. The summed E-state index contributed by atoms with van der Waals surface area (Å²) in [5, 5.41) is 0. The van der Waals surface area contributed by atoms with Crippen LogP contribution in [-0.2, 0) is 23.8 Å². The number of hydrogen-bond donors (Lipinski definition) is 0. The van der Waals surface area contributed by atoms with Crippen molar-refractivity contribution in [3.63, 3.8) is 0 Å². The molecule has 0 saturated heterocycles. The van der Waals surface area contributed by atoms with Gasteiger partial charge in [0.1, 0.15) is 9.78 Å². The second-order valence-corrected chi connectivity index (χ2v) is 8.88. The smallest absolute Gasteiger partial charge is 0.348 e. The molecule has 0 aromatic carbocycles. The fraction of sp³-hybridized carbons (Fsp3) is 0.350. The zero-order chi connectivity index (χ0) is 21.5. The molecule has 0 saturated carbocycles. The highest BCUT2D eigenvalue weighted by molar-refractivity contribution is 8.05. The molecule has 0 radical (unpaired) electrons. The van der Waals surface area contributed by atoms with E-state index in [2.05, 4.69) is 0 Å². The van der Waals surface area contributed by atoms with E-state index in [4.69, 9.17) is 14.2 Å². The van der Waals surface area contributed by atoms with E-state index < -0.39 is 23.9 Å². The highest BCUT2D eigenvalue weighted by Crippen LogP contribution is 2.51. The maximum atomic E-state index is 12.8. The Morgan fingerprint density at radius 1 is 0.966 bits per heavy atom. The monoisotopic (exact) mass is 435 g/mol. The first kappa shape index (κ1) is 21.2. The van der Waals surface area contributed by atoms with E-state index in [1.54, 1.807) is 0 Å². The maximum Gasteiger partial charge on any atom is 0.348 e. The Labute approximate surface area is 177 Å². The van der Waals surface area contributed by atoms with E-state index >= 15 is 0 Å². The van der Waals surface area contributed by atoms with Crippen LogP contribution in [0.4, 0.5) is 5.69 Å². The summed E-state index contributed by atoms with van der Waals surface area (Å²) in [6.07, 6.45) is 3.86. The molecule has 154 valence electrons. The summed E-state index contributed by atoms with van der Waals surface area (Å²) in [5.41, 5.74) is 3.54. The Morgan fingerprint density at radius 3 is 2.17 bits per heavy atom. The molecule has 0 aliphatic carbocycles. The summed E-state index contributed by atoms with van der Waals surface area (Å²) in [6, 6.07) is -0.562. The van der Waals surface area contributed by atoms with Crippen LogP contribution in [0.1, 0.15) is 29.1 Å². The third kappa shape index (κ3) is 3.49. The molecule has 1 aromatic heterocycles. The lowest BCUT2D eigenvalue weighted by Crippen LogP contribution is -2.39. The van der Waals surface area contributed by atoms with Crippen molar-refractivity contribution in [2.45, 2.75) is 31.0 Å². The number of carbonyl (C=O) groups is 3. The molecule has 7 nitrogen and oxygen atoms in total. The molecule has 1 unspecified atom stereocenters. The number of carbonyl (C=O) groups excluding carboxylic acids is 3. The summed E-state index contributed by atoms with van der Waals surface area (Å²) in [5.74, 6) is -1.68. The number of fused-ring (bicyclic) bond motifs is 3. The van der Waals surface area contributed by atoms with Gasteiger partial charge in [-0.15, -0.1) is 11.3 Å². The number of rotatable bonds is 3. The van der Waals surface area contributed by atoms with Gasteiger partial charge in [0.15, 0.2) is 0 Å². The number of esters is 3. The van der Waals surface area contributed by atoms with Gasteiger partial charge in [-0.25, -0.2) is 14.4 Å². The molecule has 9 heteroatoms. The van der Waals surface area contributed by atoms with E-state index in [9.17, 15) is 14.4 Å². The van der Waals surface area contributed by atoms with Crippen molar-refractivity contribution in [1.29, 1.82) is 0 Å². The highest BCUT2D eigenvalue weighted by atomic mass is 32.2. The summed E-state index contributed by atoms with van der Waals surface area (Å²) >= 11 is 2.33. The Kier molecular flexibility index (Phi) is 5.90. The van der Waals surface area contributed by atoms with E-state index in [1.807, 2.05) is 37.9 Å². The van der Waals surface area contributed by atoms with Crippen molar-refractivity contribution >= 4 is 46.7 Å². The van der Waals surface area contributed by atoms with Crippen LogP contribution in [-0.4, -0.2) is 45.3 Å². The SMILES string of the molecule is COC(=O)C1=C(C(=O)OC)C2C(C)=CC(C)=CN2c2c(sc(C(=O)OC)c2C)S1. The van der Waals surface area contributed by atoms with Gasteiger partial charge in [0.05, 0.1) is 42.8 Å². The topological polar surface area (TPSA) is 82.1 Å². The van der Waals surface area contributed by atoms with Gasteiger partial charge in [-0.2, -0.15) is 0 Å². The quantitative estimate of drug-likeness (QED) is 0.526. The number of thioether (sulfide) groups is 1. The predicted octanol–water partition coefficient (Wildman–Crippen LogP) is 3.59. The van der Waals surface area contributed by atoms with Crippen LogP contribution in [0.25, 0.3) is 0 Å². The van der Waals surface area contributed by atoms with Crippen LogP contribution in [0, 0.1) is 6.92 Å². The third-order valence-corrected chi connectivity index (χ3v) is 7.23. The molecule has 1 aromatic rings. The average Bonchev–Trinajstić information content (AvgIpc) is 2.94. The molecule has 3 rings (SSSR count). The van der Waals surface area contributed by atoms with Crippen molar-refractivity contribution in [1.82, 2.24) is 0 Å². The normalized spacial score (nSPS) is 18.1. The Bertz CT molecular complexity index is 1000. The van der Waals surface area contributed by atoms with Gasteiger partial charge < -0.3 is 19.1 Å². The van der Waals surface area contributed by atoms with Crippen molar-refractivity contribution in [2.24, 2.45) is 0 Å². The zero-order valence-electron chi connectivity index (χ0n) is 16.9. The molecule has 0 fully saturated rings. The molecule has 2 aliphatic rings. The summed E-state index contributed by atoms with van der Waals surface area (Å²) in [4.78, 5) is 40.2. The fourth-order valence-electron chi connectivity index (χ4n) is 3.51. The van der Waals surface area contributed by atoms with Gasteiger partial charge in [0, 0.05) is 6.20 Å². The molecule has 3 heterocycles. The molecule has 29 heavy (non-hydrogen) atoms. The minimum atomic E-state index is -0.632. The fourth-order valence-corrected chi connectivity index (χ4v) is 6.15. The molecule has 2 aliphatic heterocycles. The number of allylic oxidation sites excluding steroid dienone is 2. The number of thiophene rings is 1. The average molecular weight is 436 g/mol. The standard InChI is InChI=1S/C20H21NO6S2/c1-9-7-10(2)13-12(17(22)25-4)16(19(24)27-6)29-20-14(21(13)8-9)11(3)15(28-20)18(23)26-5/h7-8,13H,1-6H3. The van der Waals surface area contributed by atoms with Crippen LogP contribution in [0.5, 0.6) is 0 Å². The van der Waals surface area contributed by atoms with Crippen LogP contribution < -0.4 is 4.90 Å². The molecule has 0 N–H and O–H groups in total. The molecule has 0 amide bonds. The van der Waals surface area contributed by atoms with Gasteiger partial charge in [-0.1, -0.05) is 17.8 Å². The minimum Gasteiger partial charge on any atom is -0.466 e. The minimum absolute atomic E-state index is 0.145. The number of nitrogens with zero attached hydrogens (tertiary/aromatic N) is 1. The number of hydrogen-bond acceptors (Lipinski definition) is 9. The third-order valence-electron chi connectivity index (χ3n) is 4.71. The van der Waals surface area contributed by atoms with Gasteiger partial charge in [0.2, 0.25) is 0 Å². The summed E-state index contributed by atoms with van der Waals surface area (Å²) in [6.45, 7) is 5.67. The van der Waals surface area contributed by atoms with E-state index in [0.717, 1.165) is 34.2 Å². The maximum absolute atomic E-state index is 12.8. The zero-order valence-corrected chi connectivity index (χ0v) is 18.6. The Hall–Kier alpha value is -2.52. The number of ether oxygens (including phenoxy) is 3. The summed E-state index contributed by atoms with van der Waals surface area (Å²) in [7, 11) is 3.88. The second-order valence-electron chi connectivity index (χ2n) is 6.58. The molecule has 0 bridgehead atoms. The van der Waals surface area contributed by atoms with E-state index in [1.165, 1.54) is 32.7 Å². The lowest BCUT2D eigenvalue weighted by atomic mass is 9.92. The Morgan fingerprint density at radius 2 is 1.59 bits per heavy atom. The first-order valence-corrected chi connectivity index (χ1v) is 10.3. The van der Waals surface area contributed by atoms with Gasteiger partial charge in [-0.05, 0) is 37.5 Å². The van der Waals surface area contributed by atoms with Crippen molar-refractivity contribution in [3.05, 3.63) is 44.3 Å². The highest BCUT2D eigenvalue weighted by Gasteiger charge is 2.41. The number of methoxy groups -OCH3 is 3. The molecular formula is C20H21NO6S2. The van der Waals surface area contributed by atoms with Crippen LogP contribution in [0.15, 0.2) is 38.1 Å². The molecule has 1 atom stereocenters.